The number of nitrogens with zero attached hydrogens (tertiary/aromatic N) is 1. The topological polar surface area (TPSA) is 41.6 Å². The van der Waals surface area contributed by atoms with Crippen molar-refractivity contribution in [3.63, 3.8) is 0 Å². The largest absolute Gasteiger partial charge is 0.487 e. The van der Waals surface area contributed by atoms with Crippen LogP contribution in [-0.2, 0) is 0 Å². The first-order valence-electron chi connectivity index (χ1n) is 13.1. The summed E-state index contributed by atoms with van der Waals surface area (Å²) in [7, 11) is 0. The lowest BCUT2D eigenvalue weighted by atomic mass is 9.79. The Morgan fingerprint density at radius 1 is 0.879 bits per heavy atom. The summed E-state index contributed by atoms with van der Waals surface area (Å²) in [5.74, 6) is 2.39. The highest BCUT2D eigenvalue weighted by atomic mass is 16.5. The molecule has 3 aliphatic rings. The first kappa shape index (κ1) is 22.3. The number of hydrogen-bond donors (Lipinski definition) is 1. The first-order chi connectivity index (χ1) is 16.1. The van der Waals surface area contributed by atoms with Crippen molar-refractivity contribution in [2.24, 2.45) is 5.92 Å². The number of ether oxygens (including phenoxy) is 1. The van der Waals surface area contributed by atoms with Crippen molar-refractivity contribution in [3.05, 3.63) is 48.0 Å². The minimum atomic E-state index is -0.0269. The Balaban J connectivity index is 1.32. The highest BCUT2D eigenvalue weighted by molar-refractivity contribution is 5.95. The van der Waals surface area contributed by atoms with E-state index in [2.05, 4.69) is 48.6 Å². The van der Waals surface area contributed by atoms with Gasteiger partial charge in [0.15, 0.2) is 0 Å². The second-order valence-electron chi connectivity index (χ2n) is 10.6. The van der Waals surface area contributed by atoms with Gasteiger partial charge in [0, 0.05) is 6.04 Å². The average Bonchev–Trinajstić information content (AvgIpc) is 2.84. The normalized spacial score (nSPS) is 25.8. The number of anilines is 1. The van der Waals surface area contributed by atoms with E-state index in [4.69, 9.17) is 4.74 Å². The van der Waals surface area contributed by atoms with E-state index in [0.717, 1.165) is 35.8 Å². The molecule has 5 rings (SSSR count). The van der Waals surface area contributed by atoms with Crippen molar-refractivity contribution >= 4 is 11.7 Å². The zero-order valence-corrected chi connectivity index (χ0v) is 20.2. The van der Waals surface area contributed by atoms with E-state index in [9.17, 15) is 4.79 Å². The van der Waals surface area contributed by atoms with Crippen LogP contribution in [-0.4, -0.2) is 24.7 Å². The Morgan fingerprint density at radius 3 is 2.30 bits per heavy atom. The van der Waals surface area contributed by atoms with Gasteiger partial charge in [0.1, 0.15) is 11.9 Å². The van der Waals surface area contributed by atoms with E-state index in [-0.39, 0.29) is 12.1 Å². The van der Waals surface area contributed by atoms with E-state index in [1.54, 1.807) is 0 Å². The summed E-state index contributed by atoms with van der Waals surface area (Å²) in [6, 6.07) is 15.7. The van der Waals surface area contributed by atoms with Gasteiger partial charge in [-0.3, -0.25) is 4.90 Å². The highest BCUT2D eigenvalue weighted by Gasteiger charge is 2.29. The minimum Gasteiger partial charge on any atom is -0.487 e. The summed E-state index contributed by atoms with van der Waals surface area (Å²) in [5, 5.41) is 3.27. The minimum absolute atomic E-state index is 0.0113. The van der Waals surface area contributed by atoms with Gasteiger partial charge in [-0.15, -0.1) is 0 Å². The summed E-state index contributed by atoms with van der Waals surface area (Å²) in [6.45, 7) is 5.00. The number of amides is 2. The molecule has 2 fully saturated rings. The van der Waals surface area contributed by atoms with Gasteiger partial charge in [0.25, 0.3) is 0 Å². The lowest BCUT2D eigenvalue weighted by Crippen LogP contribution is -2.50. The molecule has 1 atom stereocenters. The van der Waals surface area contributed by atoms with E-state index in [1.165, 1.54) is 56.1 Å². The molecule has 4 heteroatoms. The standard InChI is InChI=1S/C29H38N2O2/c1-20-8-10-22(11-9-20)23-12-14-24(15-13-23)25-16-17-27-28(18-25)33-21(2)19-31(27)29(32)30-26-6-4-3-5-7-26/h12-18,20-22,26H,3-11,19H2,1-2H3,(H,30,32). The Kier molecular flexibility index (Phi) is 6.62. The van der Waals surface area contributed by atoms with E-state index < -0.39 is 0 Å². The Morgan fingerprint density at radius 2 is 1.58 bits per heavy atom. The molecule has 1 N–H and O–H groups in total. The number of carbonyl (C=O) groups is 1. The highest BCUT2D eigenvalue weighted by Crippen LogP contribution is 2.39. The molecular weight excluding hydrogens is 408 g/mol. The Labute approximate surface area is 198 Å². The van der Waals surface area contributed by atoms with E-state index in [1.807, 2.05) is 17.9 Å². The number of rotatable bonds is 3. The zero-order valence-electron chi connectivity index (χ0n) is 20.2. The summed E-state index contributed by atoms with van der Waals surface area (Å²) >= 11 is 0. The van der Waals surface area contributed by atoms with Gasteiger partial charge >= 0.3 is 6.03 Å². The van der Waals surface area contributed by atoms with E-state index >= 15 is 0 Å². The molecule has 0 radical (unpaired) electrons. The average molecular weight is 447 g/mol. The third-order valence-electron chi connectivity index (χ3n) is 7.93. The van der Waals surface area contributed by atoms with Gasteiger partial charge in [-0.05, 0) is 73.3 Å². The molecule has 0 aromatic heterocycles. The smallest absolute Gasteiger partial charge is 0.322 e. The second kappa shape index (κ2) is 9.79. The molecule has 1 unspecified atom stereocenters. The number of carbonyl (C=O) groups excluding carboxylic acids is 1. The molecule has 2 aromatic rings. The number of hydrogen-bond acceptors (Lipinski definition) is 2. The van der Waals surface area contributed by atoms with Crippen LogP contribution < -0.4 is 15.0 Å². The first-order valence-corrected chi connectivity index (χ1v) is 13.1. The Hall–Kier alpha value is -2.49. The second-order valence-corrected chi connectivity index (χ2v) is 10.6. The van der Waals surface area contributed by atoms with Crippen LogP contribution >= 0.6 is 0 Å². The van der Waals surface area contributed by atoms with E-state index in [0.29, 0.717) is 18.5 Å². The van der Waals surface area contributed by atoms with Crippen LogP contribution in [0, 0.1) is 5.92 Å². The van der Waals surface area contributed by atoms with Crippen LogP contribution in [0.2, 0.25) is 0 Å². The van der Waals surface area contributed by atoms with Crippen molar-refractivity contribution in [1.29, 1.82) is 0 Å². The SMILES string of the molecule is CC1CCC(c2ccc(-c3ccc4c(c3)OC(C)CN4C(=O)NC3CCCCC3)cc2)CC1. The van der Waals surface area contributed by atoms with Gasteiger partial charge in [-0.25, -0.2) is 4.79 Å². The molecule has 176 valence electrons. The predicted molar refractivity (Wildman–Crippen MR) is 135 cm³/mol. The van der Waals surface area contributed by atoms with Crippen molar-refractivity contribution in [2.75, 3.05) is 11.4 Å². The lowest BCUT2D eigenvalue weighted by molar-refractivity contribution is 0.202. The lowest BCUT2D eigenvalue weighted by Gasteiger charge is -2.35. The van der Waals surface area contributed by atoms with Crippen LogP contribution in [0.5, 0.6) is 5.75 Å². The Bertz CT molecular complexity index is 956. The predicted octanol–water partition coefficient (Wildman–Crippen LogP) is 7.28. The van der Waals surface area contributed by atoms with Crippen molar-refractivity contribution in [3.8, 4) is 16.9 Å². The van der Waals surface area contributed by atoms with Gasteiger partial charge in [0.2, 0.25) is 0 Å². The van der Waals surface area contributed by atoms with Crippen LogP contribution in [0.25, 0.3) is 11.1 Å². The summed E-state index contributed by atoms with van der Waals surface area (Å²) in [4.78, 5) is 15.0. The maximum atomic E-state index is 13.1. The van der Waals surface area contributed by atoms with Crippen LogP contribution in [0.4, 0.5) is 10.5 Å². The van der Waals surface area contributed by atoms with Crippen molar-refractivity contribution < 1.29 is 9.53 Å². The maximum absolute atomic E-state index is 13.1. The molecule has 4 nitrogen and oxygen atoms in total. The molecule has 0 saturated heterocycles. The monoisotopic (exact) mass is 446 g/mol. The fraction of sp³-hybridized carbons (Fsp3) is 0.552. The fourth-order valence-corrected chi connectivity index (χ4v) is 5.85. The quantitative estimate of drug-likeness (QED) is 0.538. The molecular formula is C29H38N2O2. The molecule has 2 saturated carbocycles. The van der Waals surface area contributed by atoms with Crippen LogP contribution in [0.1, 0.15) is 83.1 Å². The molecule has 2 amide bonds. The summed E-state index contributed by atoms with van der Waals surface area (Å²) < 4.78 is 6.17. The molecule has 2 aliphatic carbocycles. The molecule has 0 spiro atoms. The molecule has 33 heavy (non-hydrogen) atoms. The molecule has 1 heterocycles. The maximum Gasteiger partial charge on any atom is 0.322 e. The number of benzene rings is 2. The molecule has 1 aliphatic heterocycles. The molecule has 2 aromatic carbocycles. The fourth-order valence-electron chi connectivity index (χ4n) is 5.85. The number of urea groups is 1. The summed E-state index contributed by atoms with van der Waals surface area (Å²) in [5.41, 5.74) is 4.68. The van der Waals surface area contributed by atoms with Gasteiger partial charge in [-0.2, -0.15) is 0 Å². The van der Waals surface area contributed by atoms with Crippen molar-refractivity contribution in [2.45, 2.75) is 89.7 Å². The van der Waals surface area contributed by atoms with Crippen LogP contribution in [0.3, 0.4) is 0 Å². The van der Waals surface area contributed by atoms with Gasteiger partial charge < -0.3 is 10.1 Å². The van der Waals surface area contributed by atoms with Crippen molar-refractivity contribution in [1.82, 2.24) is 5.32 Å². The zero-order chi connectivity index (χ0) is 22.8. The third-order valence-corrected chi connectivity index (χ3v) is 7.93. The third kappa shape index (κ3) is 5.05. The number of nitrogens with one attached hydrogen (secondary N) is 1. The van der Waals surface area contributed by atoms with Crippen LogP contribution in [0.15, 0.2) is 42.5 Å². The number of fused-ring (bicyclic) bond motifs is 1. The van der Waals surface area contributed by atoms with Gasteiger partial charge in [0.05, 0.1) is 12.2 Å². The summed E-state index contributed by atoms with van der Waals surface area (Å²) in [6.07, 6.45) is 11.2. The van der Waals surface area contributed by atoms with Gasteiger partial charge in [-0.1, -0.05) is 69.4 Å². The molecule has 0 bridgehead atoms.